The first-order valence-electron chi connectivity index (χ1n) is 6.10. The van der Waals surface area contributed by atoms with Crippen molar-refractivity contribution in [1.82, 2.24) is 14.8 Å². The van der Waals surface area contributed by atoms with Crippen LogP contribution in [0.25, 0.3) is 0 Å². The maximum atomic E-state index is 11.5. The zero-order valence-electron chi connectivity index (χ0n) is 11.2. The molecule has 0 fully saturated rings. The molecular formula is C12H15N3O4S. The number of H-pyrrole nitrogens is 1. The first kappa shape index (κ1) is 14.4. The van der Waals surface area contributed by atoms with Crippen LogP contribution in [0.15, 0.2) is 26.7 Å². The number of ether oxygens (including phenoxy) is 1. The lowest BCUT2D eigenvalue weighted by molar-refractivity contribution is 0.0598. The van der Waals surface area contributed by atoms with E-state index in [0.717, 1.165) is 6.42 Å². The molecule has 2 rings (SSSR count). The SMILES string of the molecule is CCCn1c(SCc2occc2C(=O)OC)n[nH]c1=O. The Morgan fingerprint density at radius 3 is 3.10 bits per heavy atom. The van der Waals surface area contributed by atoms with Crippen LogP contribution in [0, 0.1) is 0 Å². The fourth-order valence-electron chi connectivity index (χ4n) is 1.71. The van der Waals surface area contributed by atoms with Crippen molar-refractivity contribution in [1.29, 1.82) is 0 Å². The lowest BCUT2D eigenvalue weighted by Crippen LogP contribution is -2.17. The summed E-state index contributed by atoms with van der Waals surface area (Å²) in [6, 6.07) is 1.56. The van der Waals surface area contributed by atoms with Gasteiger partial charge in [-0.2, -0.15) is 0 Å². The highest BCUT2D eigenvalue weighted by atomic mass is 32.2. The summed E-state index contributed by atoms with van der Waals surface area (Å²) in [6.45, 7) is 2.58. The van der Waals surface area contributed by atoms with Gasteiger partial charge in [0.05, 0.1) is 19.1 Å². The predicted molar refractivity (Wildman–Crippen MR) is 72.7 cm³/mol. The number of hydrogen-bond acceptors (Lipinski definition) is 6. The molecule has 0 radical (unpaired) electrons. The Hall–Kier alpha value is -1.96. The maximum absolute atomic E-state index is 11.5. The molecule has 2 heterocycles. The van der Waals surface area contributed by atoms with Gasteiger partial charge in [0.2, 0.25) is 0 Å². The van der Waals surface area contributed by atoms with Crippen LogP contribution in [-0.2, 0) is 17.0 Å². The quantitative estimate of drug-likeness (QED) is 0.644. The van der Waals surface area contributed by atoms with Crippen LogP contribution in [0.3, 0.4) is 0 Å². The molecule has 0 bridgehead atoms. The summed E-state index contributed by atoms with van der Waals surface area (Å²) in [4.78, 5) is 23.1. The lowest BCUT2D eigenvalue weighted by Gasteiger charge is -2.03. The Morgan fingerprint density at radius 2 is 2.40 bits per heavy atom. The molecule has 0 amide bonds. The summed E-state index contributed by atoms with van der Waals surface area (Å²) in [5.74, 6) is 0.452. The number of aromatic nitrogens is 3. The van der Waals surface area contributed by atoms with Gasteiger partial charge in [-0.15, -0.1) is 5.10 Å². The van der Waals surface area contributed by atoms with Gasteiger partial charge in [0, 0.05) is 6.54 Å². The van der Waals surface area contributed by atoms with Gasteiger partial charge in [-0.25, -0.2) is 14.7 Å². The smallest absolute Gasteiger partial charge is 0.343 e. The van der Waals surface area contributed by atoms with E-state index in [0.29, 0.717) is 28.8 Å². The minimum absolute atomic E-state index is 0.234. The molecule has 8 heteroatoms. The summed E-state index contributed by atoms with van der Waals surface area (Å²) in [5, 5.41) is 6.95. The number of methoxy groups -OCH3 is 1. The van der Waals surface area contributed by atoms with Gasteiger partial charge in [-0.3, -0.25) is 4.57 Å². The first-order valence-corrected chi connectivity index (χ1v) is 7.08. The molecule has 2 aromatic rings. The minimum atomic E-state index is -0.442. The van der Waals surface area contributed by atoms with E-state index in [1.54, 1.807) is 10.6 Å². The number of nitrogens with one attached hydrogen (secondary N) is 1. The van der Waals surface area contributed by atoms with Crippen molar-refractivity contribution < 1.29 is 13.9 Å². The third-order valence-corrected chi connectivity index (χ3v) is 3.63. The van der Waals surface area contributed by atoms with Gasteiger partial charge in [-0.05, 0) is 12.5 Å². The number of carbonyl (C=O) groups excluding carboxylic acids is 1. The molecule has 0 aliphatic carbocycles. The second-order valence-corrected chi connectivity index (χ2v) is 4.94. The van der Waals surface area contributed by atoms with Gasteiger partial charge in [0.15, 0.2) is 5.16 Å². The van der Waals surface area contributed by atoms with E-state index in [9.17, 15) is 9.59 Å². The molecule has 108 valence electrons. The summed E-state index contributed by atoms with van der Waals surface area (Å²) in [6.07, 6.45) is 2.27. The van der Waals surface area contributed by atoms with Gasteiger partial charge < -0.3 is 9.15 Å². The molecule has 0 unspecified atom stereocenters. The first-order chi connectivity index (χ1) is 9.67. The monoisotopic (exact) mass is 297 g/mol. The zero-order valence-corrected chi connectivity index (χ0v) is 12.0. The largest absolute Gasteiger partial charge is 0.468 e. The van der Waals surface area contributed by atoms with E-state index in [1.165, 1.54) is 25.1 Å². The molecule has 0 aliphatic heterocycles. The third-order valence-electron chi connectivity index (χ3n) is 2.65. The van der Waals surface area contributed by atoms with Crippen LogP contribution < -0.4 is 5.69 Å². The van der Waals surface area contributed by atoms with Crippen LogP contribution >= 0.6 is 11.8 Å². The second kappa shape index (κ2) is 6.47. The van der Waals surface area contributed by atoms with Crippen LogP contribution in [0.5, 0.6) is 0 Å². The molecule has 1 N–H and O–H groups in total. The summed E-state index contributed by atoms with van der Waals surface area (Å²) in [7, 11) is 1.32. The molecule has 0 saturated heterocycles. The highest BCUT2D eigenvalue weighted by Crippen LogP contribution is 2.23. The zero-order chi connectivity index (χ0) is 14.5. The van der Waals surface area contributed by atoms with Crippen molar-refractivity contribution in [3.05, 3.63) is 34.1 Å². The van der Waals surface area contributed by atoms with Crippen LogP contribution in [0.1, 0.15) is 29.5 Å². The van der Waals surface area contributed by atoms with Crippen molar-refractivity contribution in [2.45, 2.75) is 30.8 Å². The third kappa shape index (κ3) is 2.96. The summed E-state index contributed by atoms with van der Waals surface area (Å²) in [5.41, 5.74) is 0.155. The molecule has 0 aromatic carbocycles. The number of carbonyl (C=O) groups is 1. The highest BCUT2D eigenvalue weighted by Gasteiger charge is 2.16. The molecule has 7 nitrogen and oxygen atoms in total. The molecule has 0 spiro atoms. The van der Waals surface area contributed by atoms with Crippen LogP contribution in [0.2, 0.25) is 0 Å². The fraction of sp³-hybridized carbons (Fsp3) is 0.417. The average molecular weight is 297 g/mol. The van der Waals surface area contributed by atoms with Gasteiger partial charge in [0.1, 0.15) is 11.3 Å². The molecule has 2 aromatic heterocycles. The molecule has 0 saturated carbocycles. The topological polar surface area (TPSA) is 90.1 Å². The Balaban J connectivity index is 2.11. The number of esters is 1. The fourth-order valence-corrected chi connectivity index (χ4v) is 2.63. The van der Waals surface area contributed by atoms with Crippen LogP contribution in [0.4, 0.5) is 0 Å². The van der Waals surface area contributed by atoms with Crippen molar-refractivity contribution in [2.75, 3.05) is 7.11 Å². The number of hydrogen-bond donors (Lipinski definition) is 1. The van der Waals surface area contributed by atoms with E-state index in [1.807, 2.05) is 6.92 Å². The van der Waals surface area contributed by atoms with E-state index < -0.39 is 5.97 Å². The minimum Gasteiger partial charge on any atom is -0.468 e. The van der Waals surface area contributed by atoms with E-state index >= 15 is 0 Å². The predicted octanol–water partition coefficient (Wildman–Crippen LogP) is 1.65. The van der Waals surface area contributed by atoms with Crippen molar-refractivity contribution in [3.8, 4) is 0 Å². The Labute approximate surface area is 119 Å². The average Bonchev–Trinajstić information content (AvgIpc) is 3.04. The lowest BCUT2D eigenvalue weighted by atomic mass is 10.3. The second-order valence-electron chi connectivity index (χ2n) is 4.00. The molecule has 0 atom stereocenters. The standard InChI is InChI=1S/C12H15N3O4S/c1-3-5-15-11(17)13-14-12(15)20-7-9-8(4-6-19-9)10(16)18-2/h4,6H,3,5,7H2,1-2H3,(H,13,17). The van der Waals surface area contributed by atoms with E-state index in [-0.39, 0.29) is 5.69 Å². The Kier molecular flexibility index (Phi) is 4.67. The maximum Gasteiger partial charge on any atom is 0.343 e. The van der Waals surface area contributed by atoms with Gasteiger partial charge in [-0.1, -0.05) is 18.7 Å². The normalized spacial score (nSPS) is 10.7. The van der Waals surface area contributed by atoms with Crippen molar-refractivity contribution in [3.63, 3.8) is 0 Å². The summed E-state index contributed by atoms with van der Waals surface area (Å²) < 4.78 is 11.5. The molecule has 20 heavy (non-hydrogen) atoms. The number of rotatable bonds is 6. The number of nitrogens with zero attached hydrogens (tertiary/aromatic N) is 2. The summed E-state index contributed by atoms with van der Waals surface area (Å²) >= 11 is 1.33. The molecular weight excluding hydrogens is 282 g/mol. The van der Waals surface area contributed by atoms with E-state index in [2.05, 4.69) is 14.9 Å². The van der Waals surface area contributed by atoms with Gasteiger partial charge in [0.25, 0.3) is 0 Å². The van der Waals surface area contributed by atoms with Crippen LogP contribution in [-0.4, -0.2) is 27.8 Å². The highest BCUT2D eigenvalue weighted by molar-refractivity contribution is 7.98. The van der Waals surface area contributed by atoms with Gasteiger partial charge >= 0.3 is 11.7 Å². The number of furan rings is 1. The molecule has 0 aliphatic rings. The number of thioether (sulfide) groups is 1. The van der Waals surface area contributed by atoms with E-state index in [4.69, 9.17) is 4.42 Å². The Bertz CT molecular complexity index is 643. The Morgan fingerprint density at radius 1 is 1.60 bits per heavy atom. The van der Waals surface area contributed by atoms with Crippen molar-refractivity contribution in [2.24, 2.45) is 0 Å². The van der Waals surface area contributed by atoms with Crippen molar-refractivity contribution >= 4 is 17.7 Å². The number of aromatic amines is 1.